The fourth-order valence-corrected chi connectivity index (χ4v) is 14.4. The molecule has 0 bridgehead atoms. The van der Waals surface area contributed by atoms with Gasteiger partial charge in [-0.2, -0.15) is 0 Å². The van der Waals surface area contributed by atoms with Gasteiger partial charge in [-0.1, -0.05) is 194 Å². The Balaban J connectivity index is 0.777. The van der Waals surface area contributed by atoms with Crippen molar-refractivity contribution < 1.29 is 8.83 Å². The molecule has 0 unspecified atom stereocenters. The third-order valence-corrected chi connectivity index (χ3v) is 17.9. The van der Waals surface area contributed by atoms with Gasteiger partial charge in [0.05, 0.1) is 44.5 Å². The highest BCUT2D eigenvalue weighted by Gasteiger charge is 2.27. The summed E-state index contributed by atoms with van der Waals surface area (Å²) in [5, 5.41) is 14.2. The summed E-state index contributed by atoms with van der Waals surface area (Å²) in [5.74, 6) is 0. The van der Waals surface area contributed by atoms with Crippen molar-refractivity contribution in [2.75, 3.05) is 9.80 Å². The maximum absolute atomic E-state index is 7.05. The fraction of sp³-hybridized carbons (Fsp3) is 0. The summed E-state index contributed by atoms with van der Waals surface area (Å²) in [6, 6.07) is 101. The molecule has 0 aliphatic rings. The molecule has 84 heavy (non-hydrogen) atoms. The molecule has 6 heterocycles. The molecule has 0 fully saturated rings. The van der Waals surface area contributed by atoms with Crippen molar-refractivity contribution in [3.63, 3.8) is 0 Å². The predicted molar refractivity (Wildman–Crippen MR) is 351 cm³/mol. The zero-order valence-electron chi connectivity index (χ0n) is 45.2. The second-order valence-electron chi connectivity index (χ2n) is 22.3. The van der Waals surface area contributed by atoms with E-state index >= 15 is 0 Å². The van der Waals surface area contributed by atoms with Crippen LogP contribution in [0.3, 0.4) is 0 Å². The minimum atomic E-state index is 0.853. The average molecular weight is 1070 g/mol. The molecule has 6 aromatic heterocycles. The maximum atomic E-state index is 7.05. The fourth-order valence-electron chi connectivity index (χ4n) is 14.4. The van der Waals surface area contributed by atoms with Crippen LogP contribution >= 0.6 is 0 Å². The van der Waals surface area contributed by atoms with E-state index in [1.807, 2.05) is 0 Å². The van der Waals surface area contributed by atoms with Crippen molar-refractivity contribution in [1.82, 2.24) is 8.80 Å². The monoisotopic (exact) mass is 1070 g/mol. The zero-order chi connectivity index (χ0) is 54.7. The van der Waals surface area contributed by atoms with Gasteiger partial charge in [0.2, 0.25) is 0 Å². The first-order valence-corrected chi connectivity index (χ1v) is 28.7. The molecule has 0 aliphatic carbocycles. The summed E-state index contributed by atoms with van der Waals surface area (Å²) < 4.78 is 19.1. The Morgan fingerprint density at radius 1 is 0.226 bits per heavy atom. The largest absolute Gasteiger partial charge is 0.453 e. The molecule has 19 aromatic rings. The minimum absolute atomic E-state index is 0.853. The van der Waals surface area contributed by atoms with Gasteiger partial charge in [0.15, 0.2) is 11.2 Å². The quantitative estimate of drug-likeness (QED) is 0.152. The number of para-hydroxylation sites is 8. The summed E-state index contributed by atoms with van der Waals surface area (Å²) in [4.78, 5) is 4.71. The Labute approximate surface area is 480 Å². The highest BCUT2D eigenvalue weighted by Crippen LogP contribution is 2.50. The lowest BCUT2D eigenvalue weighted by atomic mass is 10.0. The van der Waals surface area contributed by atoms with Gasteiger partial charge in [-0.05, 0) is 96.1 Å². The van der Waals surface area contributed by atoms with Crippen LogP contribution in [0.15, 0.2) is 288 Å². The van der Waals surface area contributed by atoms with Crippen LogP contribution in [0.1, 0.15) is 0 Å². The predicted octanol–water partition coefficient (Wildman–Crippen LogP) is 22.1. The third-order valence-electron chi connectivity index (χ3n) is 17.9. The van der Waals surface area contributed by atoms with Gasteiger partial charge >= 0.3 is 0 Å². The van der Waals surface area contributed by atoms with E-state index in [9.17, 15) is 0 Å². The maximum Gasteiger partial charge on any atom is 0.159 e. The number of benzene rings is 13. The summed E-state index contributed by atoms with van der Waals surface area (Å²) >= 11 is 0. The molecule has 6 nitrogen and oxygen atoms in total. The summed E-state index contributed by atoms with van der Waals surface area (Å²) in [7, 11) is 0. The number of aromatic nitrogens is 2. The van der Waals surface area contributed by atoms with Crippen LogP contribution in [-0.4, -0.2) is 8.80 Å². The minimum Gasteiger partial charge on any atom is -0.453 e. The van der Waals surface area contributed by atoms with E-state index < -0.39 is 0 Å². The second-order valence-corrected chi connectivity index (χ2v) is 22.3. The van der Waals surface area contributed by atoms with Crippen LogP contribution in [0, 0.1) is 0 Å². The molecule has 0 saturated heterocycles. The molecule has 19 rings (SSSR count). The molecule has 0 N–H and O–H groups in total. The summed E-state index contributed by atoms with van der Waals surface area (Å²) in [6.45, 7) is 0. The topological polar surface area (TPSA) is 41.6 Å². The van der Waals surface area contributed by atoms with E-state index in [1.165, 1.54) is 76.2 Å². The molecule has 390 valence electrons. The van der Waals surface area contributed by atoms with Gasteiger partial charge in [-0.25, -0.2) is 0 Å². The number of fused-ring (bicyclic) bond motifs is 18. The lowest BCUT2D eigenvalue weighted by Gasteiger charge is -2.25. The molecule has 0 saturated carbocycles. The van der Waals surface area contributed by atoms with Crippen molar-refractivity contribution in [2.24, 2.45) is 0 Å². The molecule has 0 atom stereocenters. The first-order valence-electron chi connectivity index (χ1n) is 28.7. The zero-order valence-corrected chi connectivity index (χ0v) is 45.2. The number of anilines is 6. The Kier molecular flexibility index (Phi) is 9.24. The van der Waals surface area contributed by atoms with Crippen LogP contribution in [-0.2, 0) is 0 Å². The Morgan fingerprint density at radius 2 is 0.560 bits per heavy atom. The van der Waals surface area contributed by atoms with Crippen molar-refractivity contribution >= 4 is 154 Å². The highest BCUT2D eigenvalue weighted by atomic mass is 16.3. The molecule has 0 amide bonds. The second kappa shape index (κ2) is 17.1. The van der Waals surface area contributed by atoms with E-state index in [-0.39, 0.29) is 0 Å². The van der Waals surface area contributed by atoms with Crippen molar-refractivity contribution in [1.29, 1.82) is 0 Å². The van der Waals surface area contributed by atoms with Gasteiger partial charge in [0.25, 0.3) is 0 Å². The van der Waals surface area contributed by atoms with Crippen LogP contribution in [0.2, 0.25) is 0 Å². The van der Waals surface area contributed by atoms with E-state index in [0.717, 1.165) is 100 Å². The SMILES string of the molecule is c1ccc(-c2cccc3c2oc2c(N(c4ccccc4)c4ccc5c(c4)c4cccc6c7cc8c(cc7n5c46)c4cccc5c6cc(N(c7ccccc7)c7cccc9c7oc7c(-c%10ccccc%10)cccc79)ccc6n8c54)cccc23)cc1. The number of hydrogen-bond acceptors (Lipinski definition) is 4. The van der Waals surface area contributed by atoms with Gasteiger partial charge in [0.1, 0.15) is 11.2 Å². The van der Waals surface area contributed by atoms with Gasteiger partial charge in [-0.15, -0.1) is 0 Å². The molecule has 6 heteroatoms. The van der Waals surface area contributed by atoms with Gasteiger partial charge in [-0.3, -0.25) is 0 Å². The molecule has 13 aromatic carbocycles. The molecule has 0 aliphatic heterocycles. The number of furan rings is 2. The molecule has 0 spiro atoms. The average Bonchev–Trinajstić information content (AvgIpc) is 1.92. The lowest BCUT2D eigenvalue weighted by Crippen LogP contribution is -2.10. The van der Waals surface area contributed by atoms with Gasteiger partial charge in [0, 0.05) is 98.5 Å². The van der Waals surface area contributed by atoms with Crippen molar-refractivity contribution in [3.05, 3.63) is 279 Å². The van der Waals surface area contributed by atoms with Crippen LogP contribution < -0.4 is 9.80 Å². The number of nitrogens with zero attached hydrogens (tertiary/aromatic N) is 4. The molecular formula is C78H46N4O2. The van der Waals surface area contributed by atoms with Crippen molar-refractivity contribution in [2.45, 2.75) is 0 Å². The third kappa shape index (κ3) is 6.23. The standard InChI is InChI=1S/C78H46N4O2/c1-5-19-47(20-6-1)53-27-13-33-59-61-35-17-37-69(77(61)83-75(53)59)79(49-23-9-3-10-24-49)51-39-41-67-63(43-51)55-29-15-31-57-65-46-72-66(45-71(65)81(67)73(55)57)58-32-16-30-56-64-44-52(40-42-68(64)82(72)74(56)58)80(50-25-11-4-12-26-50)70-38-18-36-62-60-34-14-28-54(76(60)84-78(62)70)48-21-7-2-8-22-48/h1-46H. The first-order chi connectivity index (χ1) is 41.7. The van der Waals surface area contributed by atoms with Crippen LogP contribution in [0.4, 0.5) is 34.1 Å². The summed E-state index contributed by atoms with van der Waals surface area (Å²) in [5.41, 5.74) is 21.3. The normalized spacial score (nSPS) is 12.3. The van der Waals surface area contributed by atoms with E-state index in [2.05, 4.69) is 298 Å². The Morgan fingerprint density at radius 3 is 0.964 bits per heavy atom. The van der Waals surface area contributed by atoms with E-state index in [1.54, 1.807) is 0 Å². The van der Waals surface area contributed by atoms with Gasteiger partial charge < -0.3 is 27.4 Å². The summed E-state index contributed by atoms with van der Waals surface area (Å²) in [6.07, 6.45) is 0. The van der Waals surface area contributed by atoms with E-state index in [4.69, 9.17) is 8.83 Å². The molecule has 0 radical (unpaired) electrons. The Hall–Kier alpha value is -11.3. The number of hydrogen-bond donors (Lipinski definition) is 0. The first kappa shape index (κ1) is 45.4. The van der Waals surface area contributed by atoms with E-state index in [0.29, 0.717) is 0 Å². The smallest absolute Gasteiger partial charge is 0.159 e. The van der Waals surface area contributed by atoms with Crippen LogP contribution in [0.25, 0.3) is 142 Å². The van der Waals surface area contributed by atoms with Crippen molar-refractivity contribution in [3.8, 4) is 22.3 Å². The molecular weight excluding hydrogens is 1020 g/mol. The number of rotatable bonds is 8. The lowest BCUT2D eigenvalue weighted by molar-refractivity contribution is 0.670. The van der Waals surface area contributed by atoms with Crippen LogP contribution in [0.5, 0.6) is 0 Å². The Bertz CT molecular complexity index is 5490. The highest BCUT2D eigenvalue weighted by molar-refractivity contribution is 6.29.